The quantitative estimate of drug-likeness (QED) is 0.750. The Morgan fingerprint density at radius 2 is 2.04 bits per heavy atom. The van der Waals surface area contributed by atoms with Gasteiger partial charge in [-0.1, -0.05) is 11.6 Å². The van der Waals surface area contributed by atoms with Crippen molar-refractivity contribution in [2.75, 3.05) is 11.1 Å². The summed E-state index contributed by atoms with van der Waals surface area (Å²) in [7, 11) is -2.77. The van der Waals surface area contributed by atoms with E-state index in [9.17, 15) is 26.4 Å². The van der Waals surface area contributed by atoms with Crippen molar-refractivity contribution in [2.45, 2.75) is 23.9 Å². The van der Waals surface area contributed by atoms with E-state index >= 15 is 0 Å². The summed E-state index contributed by atoms with van der Waals surface area (Å²) in [4.78, 5) is 15.8. The molecule has 1 fully saturated rings. The SMILES string of the molecule is Cn1cc(S(=O)(=O)CC2(C(F)(F)F)CC2)cc1C(=O)Nc1ccnc(Cl)c1. The van der Waals surface area contributed by atoms with Crippen LogP contribution in [0.2, 0.25) is 5.15 Å². The molecule has 0 spiro atoms. The Morgan fingerprint density at radius 3 is 2.59 bits per heavy atom. The van der Waals surface area contributed by atoms with Crippen molar-refractivity contribution in [3.63, 3.8) is 0 Å². The van der Waals surface area contributed by atoms with Gasteiger partial charge >= 0.3 is 6.18 Å². The van der Waals surface area contributed by atoms with Gasteiger partial charge < -0.3 is 9.88 Å². The third kappa shape index (κ3) is 3.96. The molecular weight excluding hydrogens is 407 g/mol. The number of carbonyl (C=O) groups excluding carboxylic acids is 1. The van der Waals surface area contributed by atoms with E-state index in [-0.39, 0.29) is 28.6 Å². The minimum atomic E-state index is -4.57. The number of nitrogens with one attached hydrogen (secondary N) is 1. The lowest BCUT2D eigenvalue weighted by molar-refractivity contribution is -0.180. The lowest BCUT2D eigenvalue weighted by Gasteiger charge is -2.18. The number of aromatic nitrogens is 2. The number of sulfone groups is 1. The molecule has 11 heteroatoms. The molecule has 0 bridgehead atoms. The summed E-state index contributed by atoms with van der Waals surface area (Å²) in [5, 5.41) is 2.69. The first-order valence-electron chi connectivity index (χ1n) is 7.82. The van der Waals surface area contributed by atoms with Crippen LogP contribution < -0.4 is 5.32 Å². The first kappa shape index (κ1) is 19.7. The topological polar surface area (TPSA) is 81.1 Å². The number of alkyl halides is 3. The summed E-state index contributed by atoms with van der Waals surface area (Å²) in [6, 6.07) is 3.96. The Morgan fingerprint density at radius 1 is 1.37 bits per heavy atom. The largest absolute Gasteiger partial charge is 0.395 e. The second-order valence-electron chi connectivity index (χ2n) is 6.53. The highest BCUT2D eigenvalue weighted by Crippen LogP contribution is 2.58. The van der Waals surface area contributed by atoms with Crippen molar-refractivity contribution in [2.24, 2.45) is 12.5 Å². The van der Waals surface area contributed by atoms with Crippen LogP contribution in [0.25, 0.3) is 0 Å². The van der Waals surface area contributed by atoms with Gasteiger partial charge in [0, 0.05) is 25.1 Å². The van der Waals surface area contributed by atoms with Crippen molar-refractivity contribution in [3.8, 4) is 0 Å². The highest BCUT2D eigenvalue weighted by Gasteiger charge is 2.64. The van der Waals surface area contributed by atoms with Crippen molar-refractivity contribution in [1.82, 2.24) is 9.55 Å². The zero-order chi connectivity index (χ0) is 20.0. The van der Waals surface area contributed by atoms with Crippen LogP contribution in [-0.2, 0) is 16.9 Å². The van der Waals surface area contributed by atoms with E-state index in [0.29, 0.717) is 5.69 Å². The van der Waals surface area contributed by atoms with E-state index in [1.54, 1.807) is 0 Å². The summed E-state index contributed by atoms with van der Waals surface area (Å²) in [5.41, 5.74) is -1.85. The van der Waals surface area contributed by atoms with E-state index in [2.05, 4.69) is 10.3 Å². The fourth-order valence-corrected chi connectivity index (χ4v) is 4.84. The molecule has 27 heavy (non-hydrogen) atoms. The maximum atomic E-state index is 13.1. The van der Waals surface area contributed by atoms with E-state index in [1.165, 1.54) is 29.9 Å². The molecule has 0 aliphatic heterocycles. The Balaban J connectivity index is 1.82. The molecule has 1 amide bonds. The van der Waals surface area contributed by atoms with Gasteiger partial charge in [0.2, 0.25) is 0 Å². The van der Waals surface area contributed by atoms with Gasteiger partial charge in [-0.05, 0) is 31.0 Å². The lowest BCUT2D eigenvalue weighted by Crippen LogP contribution is -2.31. The fourth-order valence-electron chi connectivity index (χ4n) is 2.71. The number of hydrogen-bond acceptors (Lipinski definition) is 4. The smallest absolute Gasteiger partial charge is 0.345 e. The number of aryl methyl sites for hydroxylation is 1. The molecule has 0 saturated heterocycles. The molecule has 1 N–H and O–H groups in total. The fraction of sp³-hybridized carbons (Fsp3) is 0.375. The second-order valence-corrected chi connectivity index (χ2v) is 8.91. The Kier molecular flexibility index (Phi) is 4.75. The first-order valence-corrected chi connectivity index (χ1v) is 9.85. The molecule has 6 nitrogen and oxygen atoms in total. The monoisotopic (exact) mass is 421 g/mol. The molecule has 146 valence electrons. The molecular formula is C16H15ClF3N3O3S. The average Bonchev–Trinajstić information content (AvgIpc) is 3.20. The number of carbonyl (C=O) groups is 1. The van der Waals surface area contributed by atoms with Crippen molar-refractivity contribution in [3.05, 3.63) is 41.4 Å². The van der Waals surface area contributed by atoms with Crippen LogP contribution in [0.3, 0.4) is 0 Å². The molecule has 0 aromatic carbocycles. The number of pyridine rings is 1. The van der Waals surface area contributed by atoms with Crippen LogP contribution >= 0.6 is 11.6 Å². The number of anilines is 1. The number of amides is 1. The van der Waals surface area contributed by atoms with Gasteiger partial charge in [-0.25, -0.2) is 13.4 Å². The molecule has 2 aromatic rings. The average molecular weight is 422 g/mol. The minimum Gasteiger partial charge on any atom is -0.345 e. The normalized spacial score (nSPS) is 16.2. The Bertz CT molecular complexity index is 998. The first-order chi connectivity index (χ1) is 12.4. The van der Waals surface area contributed by atoms with Crippen LogP contribution in [0.4, 0.5) is 18.9 Å². The van der Waals surface area contributed by atoms with Crippen molar-refractivity contribution < 1.29 is 26.4 Å². The van der Waals surface area contributed by atoms with Crippen molar-refractivity contribution in [1.29, 1.82) is 0 Å². The number of nitrogens with zero attached hydrogens (tertiary/aromatic N) is 2. The molecule has 2 aromatic heterocycles. The third-order valence-electron chi connectivity index (χ3n) is 4.48. The van der Waals surface area contributed by atoms with Crippen LogP contribution in [0.15, 0.2) is 35.5 Å². The molecule has 2 heterocycles. The summed E-state index contributed by atoms with van der Waals surface area (Å²) < 4.78 is 65.4. The van der Waals surface area contributed by atoms with Gasteiger partial charge in [0.25, 0.3) is 5.91 Å². The number of halogens is 4. The van der Waals surface area contributed by atoms with Gasteiger partial charge in [-0.15, -0.1) is 0 Å². The highest BCUT2D eigenvalue weighted by molar-refractivity contribution is 7.91. The zero-order valence-electron chi connectivity index (χ0n) is 14.0. The van der Waals surface area contributed by atoms with Crippen molar-refractivity contribution >= 4 is 33.0 Å². The zero-order valence-corrected chi connectivity index (χ0v) is 15.6. The summed E-state index contributed by atoms with van der Waals surface area (Å²) in [6.07, 6.45) is -2.48. The van der Waals surface area contributed by atoms with Gasteiger partial charge in [0.1, 0.15) is 10.8 Å². The Hall–Kier alpha value is -2.07. The van der Waals surface area contributed by atoms with Gasteiger partial charge in [-0.2, -0.15) is 13.2 Å². The van der Waals surface area contributed by atoms with Gasteiger partial charge in [0.05, 0.1) is 16.1 Å². The number of rotatable bonds is 5. The molecule has 0 atom stereocenters. The maximum absolute atomic E-state index is 13.1. The molecule has 1 aliphatic rings. The summed E-state index contributed by atoms with van der Waals surface area (Å²) in [6.45, 7) is 0. The molecule has 3 rings (SSSR count). The van der Waals surface area contributed by atoms with Crippen LogP contribution in [-0.4, -0.2) is 35.8 Å². The second kappa shape index (κ2) is 6.52. The number of hydrogen-bond donors (Lipinski definition) is 1. The van der Waals surface area contributed by atoms with E-state index in [1.807, 2.05) is 0 Å². The van der Waals surface area contributed by atoms with Crippen LogP contribution in [0, 0.1) is 5.41 Å². The lowest BCUT2D eigenvalue weighted by atomic mass is 10.1. The predicted molar refractivity (Wildman–Crippen MR) is 92.4 cm³/mol. The predicted octanol–water partition coefficient (Wildman–Crippen LogP) is 3.44. The van der Waals surface area contributed by atoms with Crippen LogP contribution in [0.5, 0.6) is 0 Å². The minimum absolute atomic E-state index is 0.0154. The Labute approximate surface area is 158 Å². The van der Waals surface area contributed by atoms with E-state index < -0.39 is 33.1 Å². The molecule has 1 saturated carbocycles. The molecule has 0 unspecified atom stereocenters. The molecule has 1 aliphatic carbocycles. The highest BCUT2D eigenvalue weighted by atomic mass is 35.5. The third-order valence-corrected chi connectivity index (χ3v) is 6.56. The summed E-state index contributed by atoms with van der Waals surface area (Å²) >= 11 is 5.73. The summed E-state index contributed by atoms with van der Waals surface area (Å²) in [5.74, 6) is -1.65. The maximum Gasteiger partial charge on any atom is 0.395 e. The molecule has 0 radical (unpaired) electrons. The standard InChI is InChI=1S/C16H15ClF3N3O3S/c1-23-8-11(27(25,26)9-15(3-4-15)16(18,19)20)7-12(23)14(24)22-10-2-5-21-13(17)6-10/h2,5-8H,3-4,9H2,1H3,(H,21,22,24). The van der Waals surface area contributed by atoms with E-state index in [4.69, 9.17) is 11.6 Å². The van der Waals surface area contributed by atoms with E-state index in [0.717, 1.165) is 12.3 Å². The van der Waals surface area contributed by atoms with Gasteiger partial charge in [-0.3, -0.25) is 4.79 Å². The van der Waals surface area contributed by atoms with Crippen LogP contribution in [0.1, 0.15) is 23.3 Å². The van der Waals surface area contributed by atoms with Gasteiger partial charge in [0.15, 0.2) is 9.84 Å².